The van der Waals surface area contributed by atoms with Crippen LogP contribution in [0.3, 0.4) is 0 Å². The molecule has 0 aromatic heterocycles. The molecule has 0 fully saturated rings. The summed E-state index contributed by atoms with van der Waals surface area (Å²) >= 11 is 0. The van der Waals surface area contributed by atoms with Crippen molar-refractivity contribution >= 4 is 19.8 Å². The van der Waals surface area contributed by atoms with E-state index in [0.717, 1.165) is 64.2 Å². The van der Waals surface area contributed by atoms with Gasteiger partial charge in [-0.2, -0.15) is 0 Å². The highest BCUT2D eigenvalue weighted by Gasteiger charge is 2.27. The Kier molecular flexibility index (Phi) is 38.8. The fourth-order valence-electron chi connectivity index (χ4n) is 5.56. The quantitative estimate of drug-likeness (QED) is 0.0154. The molecular formula is C50H85NO9P+. The summed E-state index contributed by atoms with van der Waals surface area (Å²) in [6.07, 6.45) is 50.7. The smallest absolute Gasteiger partial charge is 0.462 e. The molecule has 2 N–H and O–H groups in total. The van der Waals surface area contributed by atoms with Crippen molar-refractivity contribution in [2.45, 2.75) is 161 Å². The second kappa shape index (κ2) is 40.9. The van der Waals surface area contributed by atoms with Gasteiger partial charge >= 0.3 is 19.8 Å². The molecule has 0 aliphatic heterocycles. The van der Waals surface area contributed by atoms with E-state index >= 15 is 0 Å². The monoisotopic (exact) mass is 875 g/mol. The molecular weight excluding hydrogens is 790 g/mol. The van der Waals surface area contributed by atoms with Crippen LogP contribution in [0.1, 0.15) is 149 Å². The fraction of sp³-hybridized carbons (Fsp3) is 0.640. The molecule has 0 amide bonds. The molecule has 0 saturated heterocycles. The van der Waals surface area contributed by atoms with Gasteiger partial charge in [0.1, 0.15) is 19.8 Å². The lowest BCUT2D eigenvalue weighted by molar-refractivity contribution is -0.870. The number of hydrogen-bond acceptors (Lipinski definition) is 8. The number of esters is 2. The minimum absolute atomic E-state index is 0.0174. The van der Waals surface area contributed by atoms with Crippen LogP contribution >= 0.6 is 7.82 Å². The van der Waals surface area contributed by atoms with Crippen LogP contribution in [-0.2, 0) is 32.7 Å². The van der Waals surface area contributed by atoms with E-state index in [4.69, 9.17) is 18.5 Å². The highest BCUT2D eigenvalue weighted by atomic mass is 31.2. The normalized spacial score (nSPS) is 14.9. The molecule has 3 atom stereocenters. The van der Waals surface area contributed by atoms with Gasteiger partial charge in [-0.05, 0) is 77.0 Å². The summed E-state index contributed by atoms with van der Waals surface area (Å²) in [6.45, 7) is 3.97. The molecule has 11 heteroatoms. The second-order valence-electron chi connectivity index (χ2n) is 16.2. The van der Waals surface area contributed by atoms with Gasteiger partial charge in [0.25, 0.3) is 0 Å². The first-order valence-corrected chi connectivity index (χ1v) is 24.6. The fourth-order valence-corrected chi connectivity index (χ4v) is 6.31. The van der Waals surface area contributed by atoms with Gasteiger partial charge in [-0.1, -0.05) is 156 Å². The maximum absolute atomic E-state index is 12.7. The average molecular weight is 875 g/mol. The zero-order valence-electron chi connectivity index (χ0n) is 38.7. The Hall–Kier alpha value is -3.11. The maximum Gasteiger partial charge on any atom is 0.472 e. The van der Waals surface area contributed by atoms with Gasteiger partial charge in [0.05, 0.1) is 33.9 Å². The van der Waals surface area contributed by atoms with E-state index in [1.807, 2.05) is 33.3 Å². The number of aliphatic hydroxyl groups excluding tert-OH is 1. The topological polar surface area (TPSA) is 129 Å². The molecule has 0 aromatic carbocycles. The van der Waals surface area contributed by atoms with Gasteiger partial charge in [-0.15, -0.1) is 0 Å². The third-order valence-corrected chi connectivity index (χ3v) is 10.2. The maximum atomic E-state index is 12.7. The van der Waals surface area contributed by atoms with Crippen LogP contribution in [0.15, 0.2) is 97.2 Å². The van der Waals surface area contributed by atoms with Crippen LogP contribution in [0.25, 0.3) is 0 Å². The number of carbonyl (C=O) groups excluding carboxylic acids is 2. The molecule has 0 bridgehead atoms. The van der Waals surface area contributed by atoms with Gasteiger partial charge in [-0.3, -0.25) is 18.6 Å². The van der Waals surface area contributed by atoms with Crippen molar-refractivity contribution in [2.24, 2.45) is 0 Å². The molecule has 0 heterocycles. The number of phosphoric acid groups is 1. The summed E-state index contributed by atoms with van der Waals surface area (Å²) < 4.78 is 34.1. The van der Waals surface area contributed by atoms with Gasteiger partial charge in [0.15, 0.2) is 6.10 Å². The minimum Gasteiger partial charge on any atom is -0.462 e. The van der Waals surface area contributed by atoms with Crippen LogP contribution in [0, 0.1) is 0 Å². The zero-order valence-corrected chi connectivity index (χ0v) is 39.6. The van der Waals surface area contributed by atoms with Crippen LogP contribution in [0.5, 0.6) is 0 Å². The van der Waals surface area contributed by atoms with Crippen LogP contribution in [0.2, 0.25) is 0 Å². The largest absolute Gasteiger partial charge is 0.472 e. The summed E-state index contributed by atoms with van der Waals surface area (Å²) in [4.78, 5) is 35.5. The number of hydrogen-bond donors (Lipinski definition) is 2. The lowest BCUT2D eigenvalue weighted by Gasteiger charge is -2.24. The number of phosphoric ester groups is 1. The summed E-state index contributed by atoms with van der Waals surface area (Å²) in [6, 6.07) is 0. The lowest BCUT2D eigenvalue weighted by atomic mass is 10.1. The number of ether oxygens (including phenoxy) is 2. The standard InChI is InChI=1S/C50H84NO9P/c1-6-8-10-12-14-16-18-20-22-24-26-28-30-32-34-36-38-40-49(53)57-45-48(46-59-61(55,56)58-44-43-51(3,4)5)60-50(54)42-41-47(52)39-37-35-33-31-29-27-25-23-21-19-17-15-13-11-9-7-2/h9,11,14-17,20-23,27,29,33,35,37,39,47-48,52H,6-8,10,12-13,18-19,24-26,28,30-32,34,36,38,40-46H2,1-5H3/p+1/b11-9-,16-14-,17-15-,22-20-,23-21-,29-27-,35-33-,39-37-/t47?,48-/m1/s1. The lowest BCUT2D eigenvalue weighted by Crippen LogP contribution is -2.37. The van der Waals surface area contributed by atoms with E-state index in [2.05, 4.69) is 86.8 Å². The number of carbonyl (C=O) groups is 2. The van der Waals surface area contributed by atoms with Gasteiger partial charge in [-0.25, -0.2) is 4.57 Å². The van der Waals surface area contributed by atoms with Crippen molar-refractivity contribution in [3.8, 4) is 0 Å². The van der Waals surface area contributed by atoms with Crippen molar-refractivity contribution in [1.29, 1.82) is 0 Å². The Labute approximate surface area is 371 Å². The first-order chi connectivity index (χ1) is 29.4. The number of aliphatic hydroxyl groups is 1. The van der Waals surface area contributed by atoms with E-state index in [-0.39, 0.29) is 32.5 Å². The van der Waals surface area contributed by atoms with Crippen molar-refractivity contribution in [3.63, 3.8) is 0 Å². The number of likely N-dealkylation sites (N-methyl/N-ethyl adjacent to an activating group) is 1. The van der Waals surface area contributed by atoms with Crippen LogP contribution < -0.4 is 0 Å². The van der Waals surface area contributed by atoms with E-state index in [1.54, 1.807) is 12.2 Å². The number of nitrogens with zero attached hydrogens (tertiary/aromatic N) is 1. The third kappa shape index (κ3) is 44.7. The summed E-state index contributed by atoms with van der Waals surface area (Å²) in [5.74, 6) is -1.10. The summed E-state index contributed by atoms with van der Waals surface area (Å²) in [7, 11) is 1.31. The predicted octanol–water partition coefficient (Wildman–Crippen LogP) is 12.3. The van der Waals surface area contributed by atoms with Crippen molar-refractivity contribution in [1.82, 2.24) is 0 Å². The average Bonchev–Trinajstić information content (AvgIpc) is 3.21. The van der Waals surface area contributed by atoms with Gasteiger partial charge < -0.3 is 24.0 Å². The minimum atomic E-state index is -4.45. The highest BCUT2D eigenvalue weighted by Crippen LogP contribution is 2.43. The molecule has 348 valence electrons. The molecule has 0 saturated carbocycles. The molecule has 10 nitrogen and oxygen atoms in total. The molecule has 0 radical (unpaired) electrons. The molecule has 0 aromatic rings. The van der Waals surface area contributed by atoms with Crippen molar-refractivity contribution < 1.29 is 47.2 Å². The van der Waals surface area contributed by atoms with Gasteiger partial charge in [0, 0.05) is 12.8 Å². The Morgan fingerprint density at radius 2 is 1.13 bits per heavy atom. The second-order valence-corrected chi connectivity index (χ2v) is 17.7. The molecule has 0 aliphatic carbocycles. The van der Waals surface area contributed by atoms with E-state index < -0.39 is 38.6 Å². The van der Waals surface area contributed by atoms with E-state index in [9.17, 15) is 24.2 Å². The third-order valence-electron chi connectivity index (χ3n) is 9.22. The predicted molar refractivity (Wildman–Crippen MR) is 253 cm³/mol. The summed E-state index contributed by atoms with van der Waals surface area (Å²) in [5.41, 5.74) is 0. The van der Waals surface area contributed by atoms with E-state index in [0.29, 0.717) is 17.4 Å². The van der Waals surface area contributed by atoms with Crippen LogP contribution in [-0.4, -0.2) is 86.1 Å². The zero-order chi connectivity index (χ0) is 45.1. The Balaban J connectivity index is 4.60. The molecule has 0 aliphatic rings. The van der Waals surface area contributed by atoms with Crippen molar-refractivity contribution in [3.05, 3.63) is 97.2 Å². The number of rotatable bonds is 40. The Morgan fingerprint density at radius 3 is 1.70 bits per heavy atom. The Morgan fingerprint density at radius 1 is 0.607 bits per heavy atom. The van der Waals surface area contributed by atoms with Crippen molar-refractivity contribution in [2.75, 3.05) is 47.5 Å². The first kappa shape index (κ1) is 57.9. The molecule has 2 unspecified atom stereocenters. The van der Waals surface area contributed by atoms with E-state index in [1.165, 1.54) is 44.9 Å². The molecule has 0 spiro atoms. The number of quaternary nitrogens is 1. The number of unbranched alkanes of at least 4 members (excludes halogenated alkanes) is 10. The molecule has 61 heavy (non-hydrogen) atoms. The number of allylic oxidation sites excluding steroid dienone is 15. The van der Waals surface area contributed by atoms with Gasteiger partial charge in [0.2, 0.25) is 0 Å². The Bertz CT molecular complexity index is 1370. The van der Waals surface area contributed by atoms with Crippen LogP contribution in [0.4, 0.5) is 0 Å². The molecule has 0 rings (SSSR count). The highest BCUT2D eigenvalue weighted by molar-refractivity contribution is 7.47. The summed E-state index contributed by atoms with van der Waals surface area (Å²) in [5, 5.41) is 10.4. The SMILES string of the molecule is CC/C=C\C/C=C\C/C=C\C/C=C\C/C=C\C=C/C(O)CCC(=O)O[C@H](COC(=O)CCCCCCCCC/C=C\C/C=C\CCCCC)COP(=O)(O)OCC[N+](C)(C)C. The first-order valence-electron chi connectivity index (χ1n) is 23.1.